The van der Waals surface area contributed by atoms with E-state index < -0.39 is 0 Å². The molecule has 3 rings (SSSR count). The van der Waals surface area contributed by atoms with Crippen molar-refractivity contribution in [1.82, 2.24) is 15.2 Å². The summed E-state index contributed by atoms with van der Waals surface area (Å²) in [5, 5.41) is 6.57. The van der Waals surface area contributed by atoms with Gasteiger partial charge in [0.25, 0.3) is 0 Å². The number of aromatic nitrogens is 1. The Balaban J connectivity index is 0.00000121. The minimum atomic E-state index is -0.141. The Bertz CT molecular complexity index is 511. The van der Waals surface area contributed by atoms with Crippen molar-refractivity contribution < 1.29 is 4.79 Å². The summed E-state index contributed by atoms with van der Waals surface area (Å²) in [6.07, 6.45) is 4.70. The van der Waals surface area contributed by atoms with Crippen LogP contribution in [0.1, 0.15) is 36.4 Å². The molecule has 7 heteroatoms. The number of carbonyl (C=O) groups excluding carboxylic acids is 1. The third-order valence-corrected chi connectivity index (χ3v) is 5.70. The number of halogens is 2. The summed E-state index contributed by atoms with van der Waals surface area (Å²) in [5.74, 6) is 0.848. The van der Waals surface area contributed by atoms with Crippen molar-refractivity contribution >= 4 is 42.1 Å². The van der Waals surface area contributed by atoms with Crippen molar-refractivity contribution in [2.24, 2.45) is 11.3 Å². The molecule has 2 fully saturated rings. The normalized spacial score (nSPS) is 26.5. The van der Waals surface area contributed by atoms with Gasteiger partial charge in [0.1, 0.15) is 0 Å². The van der Waals surface area contributed by atoms with E-state index in [1.165, 1.54) is 19.3 Å². The summed E-state index contributed by atoms with van der Waals surface area (Å²) in [6, 6.07) is 0. The largest absolute Gasteiger partial charge is 0.339 e. The van der Waals surface area contributed by atoms with Gasteiger partial charge in [-0.2, -0.15) is 0 Å². The molecule has 1 N–H and O–H groups in total. The number of hydrogen-bond donors (Lipinski definition) is 1. The number of nitrogens with one attached hydrogen (secondary N) is 1. The van der Waals surface area contributed by atoms with Crippen LogP contribution in [0.25, 0.3) is 0 Å². The van der Waals surface area contributed by atoms with E-state index in [1.54, 1.807) is 11.3 Å². The number of thiazole rings is 1. The minimum absolute atomic E-state index is 0. The van der Waals surface area contributed by atoms with E-state index in [1.807, 2.05) is 18.9 Å². The highest BCUT2D eigenvalue weighted by molar-refractivity contribution is 7.09. The summed E-state index contributed by atoms with van der Waals surface area (Å²) in [6.45, 7) is 4.51. The smallest absolute Gasteiger partial charge is 0.230 e. The molecule has 0 spiro atoms. The number of fused-ring (bicyclic) bond motifs is 1. The van der Waals surface area contributed by atoms with Gasteiger partial charge >= 0.3 is 0 Å². The quantitative estimate of drug-likeness (QED) is 0.895. The summed E-state index contributed by atoms with van der Waals surface area (Å²) >= 11 is 1.65. The average molecular weight is 366 g/mol. The predicted molar refractivity (Wildman–Crippen MR) is 95.1 cm³/mol. The van der Waals surface area contributed by atoms with E-state index in [4.69, 9.17) is 0 Å². The minimum Gasteiger partial charge on any atom is -0.339 e. The maximum atomic E-state index is 13.0. The summed E-state index contributed by atoms with van der Waals surface area (Å²) in [4.78, 5) is 19.3. The van der Waals surface area contributed by atoms with Crippen molar-refractivity contribution in [1.29, 1.82) is 0 Å². The SMILES string of the molecule is Cc1nc(CN(C)C(=O)[C@@]23CCCC[C@H]2CNC3)cs1.Cl.Cl. The zero-order valence-electron chi connectivity index (χ0n) is 13.1. The molecule has 126 valence electrons. The Labute approximate surface area is 148 Å². The Morgan fingerprint density at radius 2 is 2.27 bits per heavy atom. The lowest BCUT2D eigenvalue weighted by molar-refractivity contribution is -0.144. The molecule has 1 aromatic heterocycles. The van der Waals surface area contributed by atoms with E-state index >= 15 is 0 Å². The van der Waals surface area contributed by atoms with E-state index in [0.29, 0.717) is 18.4 Å². The maximum absolute atomic E-state index is 13.0. The van der Waals surface area contributed by atoms with Crippen LogP contribution in [-0.4, -0.2) is 35.9 Å². The standard InChI is InChI=1S/C15H23N3OS.2ClH/c1-11-17-13(9-20-11)8-18(2)14(19)15-6-4-3-5-12(15)7-16-10-15;;/h9,12,16H,3-8,10H2,1-2H3;2*1H/t12-,15+;;/m0../s1. The fourth-order valence-electron chi connectivity index (χ4n) is 3.84. The van der Waals surface area contributed by atoms with Crippen molar-refractivity contribution in [3.8, 4) is 0 Å². The van der Waals surface area contributed by atoms with Gasteiger partial charge in [-0.1, -0.05) is 12.8 Å². The Hall–Kier alpha value is -0.360. The third-order valence-electron chi connectivity index (χ3n) is 4.88. The highest BCUT2D eigenvalue weighted by atomic mass is 35.5. The van der Waals surface area contributed by atoms with Crippen molar-refractivity contribution in [3.05, 3.63) is 16.1 Å². The van der Waals surface area contributed by atoms with Gasteiger partial charge in [-0.15, -0.1) is 36.2 Å². The maximum Gasteiger partial charge on any atom is 0.230 e. The zero-order valence-corrected chi connectivity index (χ0v) is 15.6. The fourth-order valence-corrected chi connectivity index (χ4v) is 4.45. The number of aryl methyl sites for hydroxylation is 1. The highest BCUT2D eigenvalue weighted by Gasteiger charge is 2.50. The van der Waals surface area contributed by atoms with Crippen LogP contribution >= 0.6 is 36.2 Å². The average Bonchev–Trinajstić information content (AvgIpc) is 3.04. The van der Waals surface area contributed by atoms with Crippen LogP contribution in [0.15, 0.2) is 5.38 Å². The van der Waals surface area contributed by atoms with Crippen LogP contribution in [0.2, 0.25) is 0 Å². The Morgan fingerprint density at radius 3 is 2.95 bits per heavy atom. The number of nitrogens with zero attached hydrogens (tertiary/aromatic N) is 2. The third kappa shape index (κ3) is 3.58. The van der Waals surface area contributed by atoms with Crippen LogP contribution in [0, 0.1) is 18.3 Å². The molecule has 1 aliphatic carbocycles. The molecule has 1 aliphatic heterocycles. The van der Waals surface area contributed by atoms with Gasteiger partial charge in [0.05, 0.1) is 22.7 Å². The van der Waals surface area contributed by atoms with Gasteiger partial charge in [0.2, 0.25) is 5.91 Å². The van der Waals surface area contributed by atoms with Gasteiger partial charge in [0, 0.05) is 19.0 Å². The summed E-state index contributed by atoms with van der Waals surface area (Å²) < 4.78 is 0. The first-order valence-electron chi connectivity index (χ1n) is 7.49. The molecule has 1 saturated carbocycles. The number of carbonyl (C=O) groups is 1. The second kappa shape index (κ2) is 7.95. The second-order valence-electron chi connectivity index (χ2n) is 6.25. The highest BCUT2D eigenvalue weighted by Crippen LogP contribution is 2.45. The van der Waals surface area contributed by atoms with Gasteiger partial charge in [0.15, 0.2) is 0 Å². The molecule has 0 unspecified atom stereocenters. The molecule has 0 radical (unpaired) electrons. The van der Waals surface area contributed by atoms with Gasteiger partial charge in [-0.3, -0.25) is 4.79 Å². The Morgan fingerprint density at radius 1 is 1.50 bits per heavy atom. The summed E-state index contributed by atoms with van der Waals surface area (Å²) in [5.41, 5.74) is 0.871. The number of rotatable bonds is 3. The molecule has 0 bridgehead atoms. The van der Waals surface area contributed by atoms with Crippen molar-refractivity contribution in [3.63, 3.8) is 0 Å². The molecule has 0 aromatic carbocycles. The predicted octanol–water partition coefficient (Wildman–Crippen LogP) is 3.03. The van der Waals surface area contributed by atoms with Gasteiger partial charge in [-0.05, 0) is 32.2 Å². The van der Waals surface area contributed by atoms with Crippen molar-refractivity contribution in [2.45, 2.75) is 39.2 Å². The molecule has 1 amide bonds. The van der Waals surface area contributed by atoms with Crippen LogP contribution < -0.4 is 5.32 Å². The number of hydrogen-bond acceptors (Lipinski definition) is 4. The zero-order chi connectivity index (χ0) is 14.2. The molecule has 2 heterocycles. The molecule has 4 nitrogen and oxygen atoms in total. The monoisotopic (exact) mass is 365 g/mol. The molecule has 2 aliphatic rings. The molecule has 2 atom stereocenters. The van der Waals surface area contributed by atoms with Gasteiger partial charge in [-0.25, -0.2) is 4.98 Å². The van der Waals surface area contributed by atoms with Crippen LogP contribution in [0.5, 0.6) is 0 Å². The van der Waals surface area contributed by atoms with E-state index in [2.05, 4.69) is 15.7 Å². The lowest BCUT2D eigenvalue weighted by Crippen LogP contribution is -2.48. The fraction of sp³-hybridized carbons (Fsp3) is 0.733. The molecular weight excluding hydrogens is 341 g/mol. The van der Waals surface area contributed by atoms with Gasteiger partial charge < -0.3 is 10.2 Å². The summed E-state index contributed by atoms with van der Waals surface area (Å²) in [7, 11) is 1.93. The first-order chi connectivity index (χ1) is 9.62. The number of amides is 1. The lowest BCUT2D eigenvalue weighted by Gasteiger charge is -2.39. The van der Waals surface area contributed by atoms with Crippen LogP contribution in [0.4, 0.5) is 0 Å². The Kier molecular flexibility index (Phi) is 7.12. The van der Waals surface area contributed by atoms with Crippen LogP contribution in [-0.2, 0) is 11.3 Å². The van der Waals surface area contributed by atoms with E-state index in [-0.39, 0.29) is 30.2 Å². The van der Waals surface area contributed by atoms with Crippen molar-refractivity contribution in [2.75, 3.05) is 20.1 Å². The molecule has 22 heavy (non-hydrogen) atoms. The topological polar surface area (TPSA) is 45.2 Å². The first-order valence-corrected chi connectivity index (χ1v) is 8.37. The second-order valence-corrected chi connectivity index (χ2v) is 7.31. The molecule has 1 aromatic rings. The first kappa shape index (κ1) is 19.7. The molecular formula is C15H25Cl2N3OS. The lowest BCUT2D eigenvalue weighted by atomic mass is 9.67. The van der Waals surface area contributed by atoms with Crippen LogP contribution in [0.3, 0.4) is 0 Å². The van der Waals surface area contributed by atoms with E-state index in [9.17, 15) is 4.79 Å². The van der Waals surface area contributed by atoms with E-state index in [0.717, 1.165) is 30.2 Å². The molecule has 1 saturated heterocycles.